The highest BCUT2D eigenvalue weighted by atomic mass is 16.7. The quantitative estimate of drug-likeness (QED) is 0.149. The third-order valence-electron chi connectivity index (χ3n) is 9.02. The number of amides is 2. The standard InChI is InChI=1S/C39H45N3O6/c1-26-35(24-42(3)27(2)30-14-9-6-10-15-30)47-38(48-36(26)31-20-18-29(25-43)19-21-31)32-16-11-17-33(23-32)40-39(45)41-34(37(44)46-4)22-28-12-7-5-8-13-28/h5-21,23,26-27,34-36,38,43H,22,24-25H2,1-4H3,(H2,40,41,45)/t26-,27-,34-,35+,36+,38+/m0/s1. The highest BCUT2D eigenvalue weighted by Crippen LogP contribution is 2.42. The van der Waals surface area contributed by atoms with Crippen molar-refractivity contribution in [1.82, 2.24) is 10.2 Å². The van der Waals surface area contributed by atoms with Crippen LogP contribution in [0.5, 0.6) is 0 Å². The fourth-order valence-corrected chi connectivity index (χ4v) is 6.03. The molecule has 3 N–H and O–H groups in total. The van der Waals surface area contributed by atoms with Crippen molar-refractivity contribution in [1.29, 1.82) is 0 Å². The van der Waals surface area contributed by atoms with E-state index >= 15 is 0 Å². The highest BCUT2D eigenvalue weighted by molar-refractivity contribution is 5.92. The van der Waals surface area contributed by atoms with Gasteiger partial charge in [-0.2, -0.15) is 0 Å². The molecular formula is C39H45N3O6. The molecule has 1 fully saturated rings. The minimum absolute atomic E-state index is 0.0126. The molecule has 2 amide bonds. The SMILES string of the molecule is COC(=O)[C@H](Cc1ccccc1)NC(=O)Nc1cccc([C@@H]2O[C@H](CN(C)[C@@H](C)c3ccccc3)[C@H](C)[C@H](c3ccc(CO)cc3)O2)c1. The molecule has 1 heterocycles. The van der Waals surface area contributed by atoms with Crippen LogP contribution in [0.3, 0.4) is 0 Å². The number of aliphatic hydroxyl groups is 1. The monoisotopic (exact) mass is 651 g/mol. The zero-order chi connectivity index (χ0) is 34.0. The minimum Gasteiger partial charge on any atom is -0.467 e. The largest absolute Gasteiger partial charge is 0.467 e. The molecule has 1 aliphatic heterocycles. The first-order chi connectivity index (χ1) is 23.2. The number of anilines is 1. The van der Waals surface area contributed by atoms with Crippen molar-refractivity contribution in [3.05, 3.63) is 137 Å². The van der Waals surface area contributed by atoms with Gasteiger partial charge in [-0.3, -0.25) is 4.90 Å². The zero-order valence-corrected chi connectivity index (χ0v) is 27.9. The van der Waals surface area contributed by atoms with E-state index in [9.17, 15) is 14.7 Å². The Morgan fingerprint density at radius 3 is 2.23 bits per heavy atom. The lowest BCUT2D eigenvalue weighted by Crippen LogP contribution is -2.45. The van der Waals surface area contributed by atoms with Gasteiger partial charge in [0.15, 0.2) is 6.29 Å². The number of nitrogens with zero attached hydrogens (tertiary/aromatic N) is 1. The van der Waals surface area contributed by atoms with Crippen molar-refractivity contribution < 1.29 is 28.9 Å². The number of methoxy groups -OCH3 is 1. The van der Waals surface area contributed by atoms with Crippen LogP contribution in [-0.2, 0) is 32.0 Å². The van der Waals surface area contributed by atoms with E-state index in [2.05, 4.69) is 60.7 Å². The fourth-order valence-electron chi connectivity index (χ4n) is 6.03. The number of carbonyl (C=O) groups excluding carboxylic acids is 2. The average Bonchev–Trinajstić information content (AvgIpc) is 3.12. The second-order valence-electron chi connectivity index (χ2n) is 12.3. The van der Waals surface area contributed by atoms with Gasteiger partial charge in [0.1, 0.15) is 6.04 Å². The summed E-state index contributed by atoms with van der Waals surface area (Å²) in [5.41, 5.74) is 5.22. The first-order valence-corrected chi connectivity index (χ1v) is 16.3. The topological polar surface area (TPSA) is 109 Å². The Hall–Kier alpha value is -4.54. The second kappa shape index (κ2) is 16.5. The Kier molecular flexibility index (Phi) is 12.0. The van der Waals surface area contributed by atoms with E-state index in [4.69, 9.17) is 14.2 Å². The van der Waals surface area contributed by atoms with Crippen LogP contribution in [0.2, 0.25) is 0 Å². The molecule has 1 aliphatic rings. The van der Waals surface area contributed by atoms with Crippen LogP contribution in [0.1, 0.15) is 60.1 Å². The molecule has 9 heteroatoms. The summed E-state index contributed by atoms with van der Waals surface area (Å²) in [5.74, 6) is -0.518. The number of carbonyl (C=O) groups is 2. The molecule has 0 radical (unpaired) electrons. The summed E-state index contributed by atoms with van der Waals surface area (Å²) < 4.78 is 18.3. The van der Waals surface area contributed by atoms with Crippen molar-refractivity contribution in [2.75, 3.05) is 26.0 Å². The van der Waals surface area contributed by atoms with Crippen molar-refractivity contribution >= 4 is 17.7 Å². The third kappa shape index (κ3) is 8.87. The minimum atomic E-state index is -0.860. The van der Waals surface area contributed by atoms with Gasteiger partial charge in [0.2, 0.25) is 0 Å². The predicted octanol–water partition coefficient (Wildman–Crippen LogP) is 6.57. The number of nitrogens with one attached hydrogen (secondary N) is 2. The van der Waals surface area contributed by atoms with Gasteiger partial charge in [-0.1, -0.05) is 104 Å². The van der Waals surface area contributed by atoms with E-state index < -0.39 is 24.3 Å². The van der Waals surface area contributed by atoms with E-state index in [1.54, 1.807) is 6.07 Å². The van der Waals surface area contributed by atoms with E-state index in [-0.39, 0.29) is 30.8 Å². The van der Waals surface area contributed by atoms with Crippen LogP contribution in [0, 0.1) is 5.92 Å². The van der Waals surface area contributed by atoms with Crippen molar-refractivity contribution in [3.8, 4) is 0 Å². The summed E-state index contributed by atoms with van der Waals surface area (Å²) in [6.07, 6.45) is -0.871. The Morgan fingerprint density at radius 1 is 0.875 bits per heavy atom. The number of benzene rings is 4. The number of esters is 1. The van der Waals surface area contributed by atoms with E-state index in [0.29, 0.717) is 18.7 Å². The molecule has 5 rings (SSSR count). The molecule has 4 aromatic rings. The normalized spacial score (nSPS) is 20.5. The molecule has 0 spiro atoms. The predicted molar refractivity (Wildman–Crippen MR) is 185 cm³/mol. The van der Waals surface area contributed by atoms with Gasteiger partial charge in [-0.05, 0) is 48.4 Å². The molecule has 9 nitrogen and oxygen atoms in total. The summed E-state index contributed by atoms with van der Waals surface area (Å²) >= 11 is 0. The first kappa shape index (κ1) is 34.8. The first-order valence-electron chi connectivity index (χ1n) is 16.3. The number of aliphatic hydroxyl groups excluding tert-OH is 1. The number of ether oxygens (including phenoxy) is 3. The molecule has 48 heavy (non-hydrogen) atoms. The van der Waals surface area contributed by atoms with Crippen LogP contribution >= 0.6 is 0 Å². The Labute approximate surface area is 282 Å². The lowest BCUT2D eigenvalue weighted by atomic mass is 9.89. The van der Waals surface area contributed by atoms with E-state index in [1.165, 1.54) is 12.7 Å². The van der Waals surface area contributed by atoms with Gasteiger partial charge in [0, 0.05) is 36.2 Å². The van der Waals surface area contributed by atoms with Gasteiger partial charge in [0.25, 0.3) is 0 Å². The van der Waals surface area contributed by atoms with Crippen LogP contribution in [0.25, 0.3) is 0 Å². The Morgan fingerprint density at radius 2 is 1.56 bits per heavy atom. The molecule has 4 aromatic carbocycles. The molecule has 0 unspecified atom stereocenters. The summed E-state index contributed by atoms with van der Waals surface area (Å²) in [6, 6.07) is 33.8. The molecule has 1 saturated heterocycles. The summed E-state index contributed by atoms with van der Waals surface area (Å²) in [4.78, 5) is 27.9. The summed E-state index contributed by atoms with van der Waals surface area (Å²) in [6.45, 7) is 4.96. The maximum Gasteiger partial charge on any atom is 0.328 e. The van der Waals surface area contributed by atoms with E-state index in [0.717, 1.165) is 22.3 Å². The van der Waals surface area contributed by atoms with Crippen molar-refractivity contribution in [2.45, 2.75) is 57.5 Å². The maximum atomic E-state index is 13.1. The number of rotatable bonds is 12. The number of likely N-dealkylation sites (N-methyl/N-ethyl adjacent to an activating group) is 1. The van der Waals surface area contributed by atoms with Crippen molar-refractivity contribution in [2.24, 2.45) is 5.92 Å². The molecule has 0 aliphatic carbocycles. The van der Waals surface area contributed by atoms with Crippen molar-refractivity contribution in [3.63, 3.8) is 0 Å². The zero-order valence-electron chi connectivity index (χ0n) is 27.9. The van der Waals surface area contributed by atoms with Crippen LogP contribution in [0.4, 0.5) is 10.5 Å². The summed E-state index contributed by atoms with van der Waals surface area (Å²) in [5, 5.41) is 15.2. The van der Waals surface area contributed by atoms with Crippen LogP contribution in [-0.4, -0.2) is 54.9 Å². The van der Waals surface area contributed by atoms with E-state index in [1.807, 2.05) is 78.9 Å². The third-order valence-corrected chi connectivity index (χ3v) is 9.02. The average molecular weight is 652 g/mol. The van der Waals surface area contributed by atoms with Gasteiger partial charge < -0.3 is 30.0 Å². The molecule has 252 valence electrons. The smallest absolute Gasteiger partial charge is 0.328 e. The Bertz CT molecular complexity index is 1620. The molecule has 0 bridgehead atoms. The molecule has 6 atom stereocenters. The lowest BCUT2D eigenvalue weighted by molar-refractivity contribution is -0.276. The number of hydrogen-bond acceptors (Lipinski definition) is 7. The summed E-state index contributed by atoms with van der Waals surface area (Å²) in [7, 11) is 3.40. The van der Waals surface area contributed by atoms with Crippen LogP contribution in [0.15, 0.2) is 109 Å². The van der Waals surface area contributed by atoms with Crippen LogP contribution < -0.4 is 10.6 Å². The number of urea groups is 1. The second-order valence-corrected chi connectivity index (χ2v) is 12.3. The van der Waals surface area contributed by atoms with Gasteiger partial charge in [0.05, 0.1) is 25.9 Å². The Balaban J connectivity index is 1.34. The molecule has 0 saturated carbocycles. The lowest BCUT2D eigenvalue weighted by Gasteiger charge is -2.43. The fraction of sp³-hybridized carbons (Fsp3) is 0.333. The molecule has 0 aromatic heterocycles. The molecular weight excluding hydrogens is 606 g/mol. The number of hydrogen-bond donors (Lipinski definition) is 3. The van der Waals surface area contributed by atoms with Gasteiger partial charge in [-0.25, -0.2) is 9.59 Å². The maximum absolute atomic E-state index is 13.1. The van der Waals surface area contributed by atoms with Gasteiger partial charge in [-0.15, -0.1) is 0 Å². The highest BCUT2D eigenvalue weighted by Gasteiger charge is 2.39. The van der Waals surface area contributed by atoms with Gasteiger partial charge >= 0.3 is 12.0 Å².